The quantitative estimate of drug-likeness (QED) is 0.798. The fourth-order valence-corrected chi connectivity index (χ4v) is 2.02. The molecule has 0 unspecified atom stereocenters. The van der Waals surface area contributed by atoms with Gasteiger partial charge in [0.2, 0.25) is 5.91 Å². The predicted molar refractivity (Wildman–Crippen MR) is 61.1 cm³/mol. The molecule has 4 heteroatoms. The second-order valence-electron chi connectivity index (χ2n) is 4.94. The van der Waals surface area contributed by atoms with E-state index in [-0.39, 0.29) is 18.7 Å². The van der Waals surface area contributed by atoms with E-state index in [2.05, 4.69) is 13.8 Å². The summed E-state index contributed by atoms with van der Waals surface area (Å²) in [5.74, 6) is -0.913. The van der Waals surface area contributed by atoms with E-state index in [4.69, 9.17) is 5.11 Å². The molecule has 1 N–H and O–H groups in total. The highest BCUT2D eigenvalue weighted by Crippen LogP contribution is 2.33. The highest BCUT2D eigenvalue weighted by Gasteiger charge is 2.30. The van der Waals surface area contributed by atoms with Gasteiger partial charge in [0, 0.05) is 19.5 Å². The van der Waals surface area contributed by atoms with Crippen LogP contribution in [-0.2, 0) is 9.59 Å². The molecule has 1 fully saturated rings. The van der Waals surface area contributed by atoms with Crippen LogP contribution in [0.3, 0.4) is 0 Å². The number of carbonyl (C=O) groups is 2. The number of piperidine rings is 1. The van der Waals surface area contributed by atoms with Gasteiger partial charge < -0.3 is 10.0 Å². The lowest BCUT2D eigenvalue weighted by atomic mass is 9.78. The van der Waals surface area contributed by atoms with E-state index in [1.54, 1.807) is 4.90 Å². The van der Waals surface area contributed by atoms with E-state index < -0.39 is 5.97 Å². The Hall–Kier alpha value is -1.06. The van der Waals surface area contributed by atoms with E-state index in [1.807, 2.05) is 0 Å². The molecule has 0 bridgehead atoms. The summed E-state index contributed by atoms with van der Waals surface area (Å²) >= 11 is 0. The molecule has 0 aliphatic carbocycles. The second-order valence-corrected chi connectivity index (χ2v) is 4.94. The first-order valence-electron chi connectivity index (χ1n) is 5.96. The van der Waals surface area contributed by atoms with Crippen molar-refractivity contribution in [1.82, 2.24) is 4.90 Å². The van der Waals surface area contributed by atoms with Crippen LogP contribution in [0.2, 0.25) is 0 Å². The third-order valence-corrected chi connectivity index (χ3v) is 3.73. The molecule has 92 valence electrons. The van der Waals surface area contributed by atoms with Gasteiger partial charge in [0.25, 0.3) is 0 Å². The van der Waals surface area contributed by atoms with Crippen LogP contribution in [-0.4, -0.2) is 35.0 Å². The van der Waals surface area contributed by atoms with Crippen LogP contribution in [0.4, 0.5) is 0 Å². The Kier molecular flexibility index (Phi) is 4.33. The van der Waals surface area contributed by atoms with Crippen LogP contribution >= 0.6 is 0 Å². The number of rotatable bonds is 4. The predicted octanol–water partition coefficient (Wildman–Crippen LogP) is 1.89. The monoisotopic (exact) mass is 227 g/mol. The summed E-state index contributed by atoms with van der Waals surface area (Å²) in [6, 6.07) is 0. The average Bonchev–Trinajstić information content (AvgIpc) is 2.27. The van der Waals surface area contributed by atoms with Crippen molar-refractivity contribution in [2.24, 2.45) is 5.41 Å². The molecule has 16 heavy (non-hydrogen) atoms. The molecular formula is C12H21NO3. The van der Waals surface area contributed by atoms with Gasteiger partial charge in [-0.05, 0) is 18.3 Å². The first-order valence-corrected chi connectivity index (χ1v) is 5.96. The Bertz CT molecular complexity index is 267. The number of amides is 1. The summed E-state index contributed by atoms with van der Waals surface area (Å²) in [4.78, 5) is 23.8. The smallest absolute Gasteiger partial charge is 0.303 e. The molecule has 1 heterocycles. The Morgan fingerprint density at radius 1 is 1.25 bits per heavy atom. The molecule has 0 saturated carbocycles. The molecule has 0 radical (unpaired) electrons. The molecule has 0 aromatic heterocycles. The molecule has 0 spiro atoms. The Labute approximate surface area is 96.6 Å². The maximum absolute atomic E-state index is 11.7. The Morgan fingerprint density at radius 3 is 2.25 bits per heavy atom. The first-order chi connectivity index (χ1) is 7.47. The molecule has 0 aromatic carbocycles. The molecular weight excluding hydrogens is 206 g/mol. The van der Waals surface area contributed by atoms with Gasteiger partial charge in [-0.3, -0.25) is 9.59 Å². The number of carboxylic acids is 1. The van der Waals surface area contributed by atoms with Crippen LogP contribution < -0.4 is 0 Å². The normalized spacial score (nSPS) is 19.5. The van der Waals surface area contributed by atoms with Gasteiger partial charge in [-0.25, -0.2) is 0 Å². The Balaban J connectivity index is 2.36. The van der Waals surface area contributed by atoms with Crippen LogP contribution in [0.25, 0.3) is 0 Å². The molecule has 0 atom stereocenters. The maximum Gasteiger partial charge on any atom is 0.303 e. The largest absolute Gasteiger partial charge is 0.481 e. The van der Waals surface area contributed by atoms with Gasteiger partial charge >= 0.3 is 5.97 Å². The molecule has 0 aromatic rings. The summed E-state index contributed by atoms with van der Waals surface area (Å²) in [5.41, 5.74) is 0.365. The lowest BCUT2D eigenvalue weighted by Crippen LogP contribution is -2.42. The molecule has 1 rings (SSSR count). The van der Waals surface area contributed by atoms with Crippen LogP contribution in [0, 0.1) is 5.41 Å². The summed E-state index contributed by atoms with van der Waals surface area (Å²) in [6.07, 6.45) is 3.29. The minimum Gasteiger partial charge on any atom is -0.481 e. The van der Waals surface area contributed by atoms with Gasteiger partial charge in [-0.1, -0.05) is 20.3 Å². The SMILES string of the molecule is CCC1(C)CCN(C(=O)CCC(=O)O)CC1. The highest BCUT2D eigenvalue weighted by molar-refractivity contribution is 5.80. The molecule has 4 nitrogen and oxygen atoms in total. The van der Waals surface area contributed by atoms with Crippen molar-refractivity contribution >= 4 is 11.9 Å². The minimum absolute atomic E-state index is 0.0134. The van der Waals surface area contributed by atoms with Gasteiger partial charge in [0.15, 0.2) is 0 Å². The van der Waals surface area contributed by atoms with Crippen molar-refractivity contribution in [3.63, 3.8) is 0 Å². The molecule has 1 aliphatic heterocycles. The van der Waals surface area contributed by atoms with Crippen molar-refractivity contribution in [3.05, 3.63) is 0 Å². The summed E-state index contributed by atoms with van der Waals surface area (Å²) in [6.45, 7) is 6.00. The second kappa shape index (κ2) is 5.32. The Morgan fingerprint density at radius 2 is 1.81 bits per heavy atom. The number of carboxylic acid groups (broad SMARTS) is 1. The van der Waals surface area contributed by atoms with Crippen molar-refractivity contribution in [2.45, 2.75) is 46.0 Å². The van der Waals surface area contributed by atoms with Crippen molar-refractivity contribution in [3.8, 4) is 0 Å². The minimum atomic E-state index is -0.899. The van der Waals surface area contributed by atoms with E-state index in [0.29, 0.717) is 5.41 Å². The summed E-state index contributed by atoms with van der Waals surface area (Å²) in [7, 11) is 0. The maximum atomic E-state index is 11.7. The number of hydrogen-bond donors (Lipinski definition) is 1. The highest BCUT2D eigenvalue weighted by atomic mass is 16.4. The zero-order chi connectivity index (χ0) is 12.2. The summed E-state index contributed by atoms with van der Waals surface area (Å²) in [5, 5.41) is 8.51. The summed E-state index contributed by atoms with van der Waals surface area (Å²) < 4.78 is 0. The van der Waals surface area contributed by atoms with Crippen molar-refractivity contribution in [1.29, 1.82) is 0 Å². The topological polar surface area (TPSA) is 57.6 Å². The lowest BCUT2D eigenvalue weighted by Gasteiger charge is -2.38. The third kappa shape index (κ3) is 3.51. The van der Waals surface area contributed by atoms with Crippen molar-refractivity contribution in [2.75, 3.05) is 13.1 Å². The van der Waals surface area contributed by atoms with Crippen LogP contribution in [0.1, 0.15) is 46.0 Å². The van der Waals surface area contributed by atoms with E-state index in [9.17, 15) is 9.59 Å². The lowest BCUT2D eigenvalue weighted by molar-refractivity contribution is -0.141. The number of nitrogens with zero attached hydrogens (tertiary/aromatic N) is 1. The fraction of sp³-hybridized carbons (Fsp3) is 0.833. The number of aliphatic carboxylic acids is 1. The van der Waals surface area contributed by atoms with Gasteiger partial charge in [0.1, 0.15) is 0 Å². The zero-order valence-corrected chi connectivity index (χ0v) is 10.2. The van der Waals surface area contributed by atoms with E-state index >= 15 is 0 Å². The van der Waals surface area contributed by atoms with Crippen LogP contribution in [0.15, 0.2) is 0 Å². The van der Waals surface area contributed by atoms with Gasteiger partial charge in [-0.2, -0.15) is 0 Å². The first kappa shape index (κ1) is 13.0. The third-order valence-electron chi connectivity index (χ3n) is 3.73. The van der Waals surface area contributed by atoms with Crippen LogP contribution in [0.5, 0.6) is 0 Å². The van der Waals surface area contributed by atoms with Gasteiger partial charge in [-0.15, -0.1) is 0 Å². The fourth-order valence-electron chi connectivity index (χ4n) is 2.02. The number of likely N-dealkylation sites (tertiary alicyclic amines) is 1. The standard InChI is InChI=1S/C12H21NO3/c1-3-12(2)6-8-13(9-7-12)10(14)4-5-11(15)16/h3-9H2,1-2H3,(H,15,16). The van der Waals surface area contributed by atoms with E-state index in [1.165, 1.54) is 0 Å². The molecule has 1 aliphatic rings. The number of hydrogen-bond acceptors (Lipinski definition) is 2. The average molecular weight is 227 g/mol. The molecule has 1 amide bonds. The van der Waals surface area contributed by atoms with Crippen molar-refractivity contribution < 1.29 is 14.7 Å². The molecule has 1 saturated heterocycles. The zero-order valence-electron chi connectivity index (χ0n) is 10.2. The number of carbonyl (C=O) groups excluding carboxylic acids is 1. The van der Waals surface area contributed by atoms with Gasteiger partial charge in [0.05, 0.1) is 6.42 Å². The van der Waals surface area contributed by atoms with E-state index in [0.717, 1.165) is 32.4 Å².